The van der Waals surface area contributed by atoms with Crippen LogP contribution in [0.2, 0.25) is 0 Å². The third-order valence-corrected chi connectivity index (χ3v) is 13.5. The number of fused-ring (bicyclic) bond motifs is 17. The number of para-hydroxylation sites is 2. The maximum absolute atomic E-state index is 7.18. The van der Waals surface area contributed by atoms with Crippen LogP contribution in [-0.2, 0) is 5.41 Å². The minimum atomic E-state index is -0.556. The van der Waals surface area contributed by atoms with Crippen molar-refractivity contribution in [3.8, 4) is 78.3 Å². The fourth-order valence-corrected chi connectivity index (χ4v) is 10.9. The van der Waals surface area contributed by atoms with Crippen molar-refractivity contribution in [2.45, 2.75) is 5.41 Å². The van der Waals surface area contributed by atoms with Crippen molar-refractivity contribution in [1.29, 1.82) is 0 Å². The second-order valence-electron chi connectivity index (χ2n) is 16.7. The van der Waals surface area contributed by atoms with Crippen LogP contribution in [0, 0.1) is 0 Å². The van der Waals surface area contributed by atoms with Gasteiger partial charge in [0, 0.05) is 22.5 Å². The van der Waals surface area contributed by atoms with E-state index < -0.39 is 5.41 Å². The van der Waals surface area contributed by atoms with E-state index in [2.05, 4.69) is 241 Å². The Morgan fingerprint density at radius 1 is 0.286 bits per heavy atom. The molecule has 294 valence electrons. The van der Waals surface area contributed by atoms with Gasteiger partial charge in [-0.15, -0.1) is 0 Å². The zero-order valence-electron chi connectivity index (χ0n) is 34.4. The third kappa shape index (κ3) is 5.19. The average molecular weight is 802 g/mol. The molecular weight excluding hydrogens is 763 g/mol. The maximum atomic E-state index is 7.18. The Hall–Kier alpha value is -8.20. The Bertz CT molecular complexity index is 3390. The fraction of sp³-hybridized carbons (Fsp3) is 0.0164. The van der Waals surface area contributed by atoms with Gasteiger partial charge in [-0.1, -0.05) is 200 Å². The second-order valence-corrected chi connectivity index (χ2v) is 16.7. The van der Waals surface area contributed by atoms with E-state index in [1.165, 1.54) is 66.8 Å². The smallest absolute Gasteiger partial charge is 0.159 e. The Morgan fingerprint density at radius 2 is 0.714 bits per heavy atom. The van der Waals surface area contributed by atoms with E-state index in [9.17, 15) is 0 Å². The zero-order chi connectivity index (χ0) is 41.5. The number of nitrogens with zero attached hydrogens (tertiary/aromatic N) is 1. The number of rotatable bonds is 4. The van der Waals surface area contributed by atoms with Crippen LogP contribution in [0.1, 0.15) is 22.3 Å². The molecule has 0 saturated heterocycles. The van der Waals surface area contributed by atoms with Crippen molar-refractivity contribution in [2.24, 2.45) is 0 Å². The molecule has 2 nitrogen and oxygen atoms in total. The predicted octanol–water partition coefficient (Wildman–Crippen LogP) is 16.3. The lowest BCUT2D eigenvalue weighted by Crippen LogP contribution is -2.29. The number of anilines is 3. The lowest BCUT2D eigenvalue weighted by molar-refractivity contribution is 0.489. The molecule has 3 aliphatic rings. The van der Waals surface area contributed by atoms with Crippen molar-refractivity contribution >= 4 is 17.1 Å². The van der Waals surface area contributed by atoms with Crippen LogP contribution < -0.4 is 9.64 Å². The van der Waals surface area contributed by atoms with Gasteiger partial charge in [-0.2, -0.15) is 0 Å². The highest BCUT2D eigenvalue weighted by atomic mass is 16.5. The molecule has 0 unspecified atom stereocenters. The minimum Gasteiger partial charge on any atom is -0.454 e. The van der Waals surface area contributed by atoms with Gasteiger partial charge in [0.25, 0.3) is 0 Å². The third-order valence-electron chi connectivity index (χ3n) is 13.5. The largest absolute Gasteiger partial charge is 0.454 e. The molecule has 0 saturated carbocycles. The SMILES string of the molecule is c1ccc(-c2ccc(N(c3ccc4c(c3)-c3ccccc3-c3ccccc3C43c4ccccc4-c4ccccc43)c3cccc4c3Oc3ccccc3-c3ccccc3-4)cc2)cc1. The van der Waals surface area contributed by atoms with E-state index in [0.717, 1.165) is 50.8 Å². The van der Waals surface area contributed by atoms with Crippen LogP contribution >= 0.6 is 0 Å². The van der Waals surface area contributed by atoms with E-state index in [0.29, 0.717) is 0 Å². The molecule has 10 aromatic carbocycles. The first-order chi connectivity index (χ1) is 31.3. The van der Waals surface area contributed by atoms with Gasteiger partial charge in [0.15, 0.2) is 5.75 Å². The van der Waals surface area contributed by atoms with Gasteiger partial charge in [0.05, 0.1) is 11.1 Å². The van der Waals surface area contributed by atoms with E-state index in [4.69, 9.17) is 4.74 Å². The summed E-state index contributed by atoms with van der Waals surface area (Å²) in [5, 5.41) is 0. The highest BCUT2D eigenvalue weighted by molar-refractivity contribution is 6.00. The van der Waals surface area contributed by atoms with Gasteiger partial charge < -0.3 is 9.64 Å². The topological polar surface area (TPSA) is 12.5 Å². The summed E-state index contributed by atoms with van der Waals surface area (Å²) in [7, 11) is 0. The first kappa shape index (κ1) is 35.5. The molecule has 1 heterocycles. The Labute approximate surface area is 367 Å². The Balaban J connectivity index is 1.10. The van der Waals surface area contributed by atoms with E-state index in [-0.39, 0.29) is 0 Å². The Morgan fingerprint density at radius 3 is 1.35 bits per heavy atom. The quantitative estimate of drug-likeness (QED) is 0.176. The van der Waals surface area contributed by atoms with Crippen molar-refractivity contribution in [3.05, 3.63) is 259 Å². The van der Waals surface area contributed by atoms with Crippen LogP contribution in [0.15, 0.2) is 237 Å². The molecule has 63 heavy (non-hydrogen) atoms. The summed E-state index contributed by atoms with van der Waals surface area (Å²) in [6.07, 6.45) is 0. The van der Waals surface area contributed by atoms with Gasteiger partial charge in [0.2, 0.25) is 0 Å². The number of hydrogen-bond donors (Lipinski definition) is 0. The van der Waals surface area contributed by atoms with Gasteiger partial charge in [0.1, 0.15) is 5.75 Å². The molecule has 0 N–H and O–H groups in total. The molecule has 2 aliphatic carbocycles. The molecule has 1 aliphatic heterocycles. The van der Waals surface area contributed by atoms with Crippen LogP contribution in [0.5, 0.6) is 11.5 Å². The Kier molecular flexibility index (Phi) is 7.85. The summed E-state index contributed by atoms with van der Waals surface area (Å²) in [4.78, 5) is 2.40. The van der Waals surface area contributed by atoms with Crippen molar-refractivity contribution in [3.63, 3.8) is 0 Å². The normalized spacial score (nSPS) is 13.0. The van der Waals surface area contributed by atoms with Crippen LogP contribution in [0.25, 0.3) is 66.8 Å². The van der Waals surface area contributed by atoms with Crippen molar-refractivity contribution in [2.75, 3.05) is 4.90 Å². The minimum absolute atomic E-state index is 0.556. The average Bonchev–Trinajstić information content (AvgIpc) is 3.49. The molecule has 0 radical (unpaired) electrons. The summed E-state index contributed by atoms with van der Waals surface area (Å²) in [6.45, 7) is 0. The summed E-state index contributed by atoms with van der Waals surface area (Å²) in [5.74, 6) is 1.66. The zero-order valence-corrected chi connectivity index (χ0v) is 34.4. The molecule has 0 aromatic heterocycles. The van der Waals surface area contributed by atoms with E-state index >= 15 is 0 Å². The molecule has 1 spiro atoms. The molecule has 10 aromatic rings. The van der Waals surface area contributed by atoms with Gasteiger partial charge in [-0.05, 0) is 114 Å². The summed E-state index contributed by atoms with van der Waals surface area (Å²) < 4.78 is 7.18. The highest BCUT2D eigenvalue weighted by Gasteiger charge is 2.49. The lowest BCUT2D eigenvalue weighted by Gasteiger charge is -2.36. The molecule has 2 heteroatoms. The second kappa shape index (κ2) is 13.9. The monoisotopic (exact) mass is 801 g/mol. The summed E-state index contributed by atoms with van der Waals surface area (Å²) in [6, 6.07) is 86.6. The van der Waals surface area contributed by atoms with Crippen LogP contribution in [0.3, 0.4) is 0 Å². The van der Waals surface area contributed by atoms with Gasteiger partial charge in [-0.3, -0.25) is 0 Å². The van der Waals surface area contributed by atoms with Crippen molar-refractivity contribution in [1.82, 2.24) is 0 Å². The molecular formula is C61H39NO. The first-order valence-corrected chi connectivity index (χ1v) is 21.8. The predicted molar refractivity (Wildman–Crippen MR) is 259 cm³/mol. The molecule has 0 bridgehead atoms. The molecule has 0 atom stereocenters. The van der Waals surface area contributed by atoms with Gasteiger partial charge in [-0.25, -0.2) is 0 Å². The molecule has 0 amide bonds. The highest BCUT2D eigenvalue weighted by Crippen LogP contribution is 2.62. The lowest BCUT2D eigenvalue weighted by atomic mass is 9.66. The van der Waals surface area contributed by atoms with Crippen molar-refractivity contribution < 1.29 is 4.74 Å². The van der Waals surface area contributed by atoms with E-state index in [1.807, 2.05) is 0 Å². The molecule has 0 fully saturated rings. The van der Waals surface area contributed by atoms with Gasteiger partial charge >= 0.3 is 0 Å². The summed E-state index contributed by atoms with van der Waals surface area (Å²) in [5.41, 5.74) is 21.9. The number of ether oxygens (including phenoxy) is 1. The maximum Gasteiger partial charge on any atom is 0.159 e. The standard InChI is InChI=1S/C61H39NO/c1-2-17-40(18-3-1)41-33-35-42(36-34-41)62(58-31-16-27-52-46-21-6-5-20-45(46)51-26-11-15-32-59(51)63-60(52)58)43-37-38-57-53(39-43)47-22-7-4-19-44(47)48-23-8-12-28-54(48)61(57)55-29-13-9-24-49(55)50-25-10-14-30-56(50)61/h1-39H. The fourth-order valence-electron chi connectivity index (χ4n) is 10.9. The van der Waals surface area contributed by atoms with Crippen LogP contribution in [-0.4, -0.2) is 0 Å². The summed E-state index contributed by atoms with van der Waals surface area (Å²) >= 11 is 0. The molecule has 13 rings (SSSR count). The number of benzene rings is 10. The van der Waals surface area contributed by atoms with E-state index in [1.54, 1.807) is 0 Å². The number of hydrogen-bond acceptors (Lipinski definition) is 2. The first-order valence-electron chi connectivity index (χ1n) is 21.8. The van der Waals surface area contributed by atoms with Crippen LogP contribution in [0.4, 0.5) is 17.1 Å².